The molecule has 5 rings (SSSR count). The molecule has 2 atom stereocenters. The van der Waals surface area contributed by atoms with Gasteiger partial charge >= 0.3 is 0 Å². The number of halogens is 1. The summed E-state index contributed by atoms with van der Waals surface area (Å²) in [5.74, 6) is 1.50. The summed E-state index contributed by atoms with van der Waals surface area (Å²) >= 11 is 11.8. The van der Waals surface area contributed by atoms with Gasteiger partial charge in [0.2, 0.25) is 0 Å². The number of furan rings is 1. The third-order valence-corrected chi connectivity index (χ3v) is 6.35. The third-order valence-electron chi connectivity index (χ3n) is 5.78. The summed E-state index contributed by atoms with van der Waals surface area (Å²) in [6.07, 6.45) is 1.73. The van der Waals surface area contributed by atoms with E-state index in [4.69, 9.17) is 33.0 Å². The maximum absolute atomic E-state index is 11.2. The van der Waals surface area contributed by atoms with Crippen LogP contribution in [0.5, 0.6) is 5.75 Å². The number of hydrogen-bond acceptors (Lipinski definition) is 6. The van der Waals surface area contributed by atoms with E-state index >= 15 is 0 Å². The van der Waals surface area contributed by atoms with Crippen molar-refractivity contribution in [3.63, 3.8) is 0 Å². The van der Waals surface area contributed by atoms with Gasteiger partial charge in [0.15, 0.2) is 5.11 Å². The Morgan fingerprint density at radius 1 is 1.14 bits per heavy atom. The van der Waals surface area contributed by atoms with Crippen molar-refractivity contribution >= 4 is 40.3 Å². The normalized spacial score (nSPS) is 17.3. The van der Waals surface area contributed by atoms with Crippen LogP contribution < -0.4 is 15.0 Å². The summed E-state index contributed by atoms with van der Waals surface area (Å²) < 4.78 is 11.7. The van der Waals surface area contributed by atoms with Gasteiger partial charge in [0.1, 0.15) is 23.3 Å². The van der Waals surface area contributed by atoms with Crippen LogP contribution in [0, 0.1) is 10.1 Å². The van der Waals surface area contributed by atoms with Gasteiger partial charge < -0.3 is 19.4 Å². The van der Waals surface area contributed by atoms with Crippen molar-refractivity contribution in [1.82, 2.24) is 10.3 Å². The highest BCUT2D eigenvalue weighted by atomic mass is 35.5. The summed E-state index contributed by atoms with van der Waals surface area (Å²) in [4.78, 5) is 17.2. The Hall–Kier alpha value is -3.95. The number of thiocarbonyl (C=S) groups is 1. The Balaban J connectivity index is 1.59. The number of benzene rings is 2. The number of aromatic nitrogens is 1. The van der Waals surface area contributed by atoms with Gasteiger partial charge in [-0.05, 0) is 66.8 Å². The number of methoxy groups -OCH3 is 1. The lowest BCUT2D eigenvalue weighted by molar-refractivity contribution is -0.384. The molecule has 0 amide bonds. The van der Waals surface area contributed by atoms with Crippen molar-refractivity contribution in [2.75, 3.05) is 12.0 Å². The number of nitro groups is 1. The first kappa shape index (κ1) is 22.8. The molecule has 0 aliphatic carbocycles. The molecule has 176 valence electrons. The van der Waals surface area contributed by atoms with Crippen molar-refractivity contribution in [1.29, 1.82) is 0 Å². The number of nitrogens with one attached hydrogen (secondary N) is 1. The van der Waals surface area contributed by atoms with Gasteiger partial charge in [0.05, 0.1) is 35.4 Å². The van der Waals surface area contributed by atoms with Crippen molar-refractivity contribution < 1.29 is 14.1 Å². The summed E-state index contributed by atoms with van der Waals surface area (Å²) in [7, 11) is 1.46. The van der Waals surface area contributed by atoms with Crippen molar-refractivity contribution in [2.24, 2.45) is 0 Å². The maximum Gasteiger partial charge on any atom is 0.273 e. The van der Waals surface area contributed by atoms with E-state index < -0.39 is 4.92 Å². The molecule has 0 spiro atoms. The molecular weight excluding hydrogens is 488 g/mol. The average Bonchev–Trinajstić information content (AvgIpc) is 3.49. The molecule has 8 nitrogen and oxygen atoms in total. The van der Waals surface area contributed by atoms with Crippen LogP contribution in [0.15, 0.2) is 83.4 Å². The molecule has 2 unspecified atom stereocenters. The molecule has 0 radical (unpaired) electrons. The van der Waals surface area contributed by atoms with Gasteiger partial charge in [-0.3, -0.25) is 15.1 Å². The van der Waals surface area contributed by atoms with Crippen LogP contribution in [0.1, 0.15) is 23.5 Å². The molecule has 0 bridgehead atoms. The van der Waals surface area contributed by atoms with E-state index in [0.29, 0.717) is 33.0 Å². The van der Waals surface area contributed by atoms with Crippen LogP contribution in [-0.4, -0.2) is 22.1 Å². The Labute approximate surface area is 211 Å². The minimum Gasteiger partial charge on any atom is -0.496 e. The van der Waals surface area contributed by atoms with E-state index in [1.807, 2.05) is 47.4 Å². The summed E-state index contributed by atoms with van der Waals surface area (Å²) in [5.41, 5.74) is 2.19. The Kier molecular flexibility index (Phi) is 6.10. The summed E-state index contributed by atoms with van der Waals surface area (Å²) in [5, 5.41) is 15.7. The molecule has 3 heterocycles. The molecule has 1 fully saturated rings. The lowest BCUT2D eigenvalue weighted by Gasteiger charge is -2.26. The average molecular weight is 507 g/mol. The first-order valence-corrected chi connectivity index (χ1v) is 11.4. The van der Waals surface area contributed by atoms with Crippen molar-refractivity contribution in [3.05, 3.63) is 106 Å². The molecule has 4 aromatic rings. The van der Waals surface area contributed by atoms with Crippen LogP contribution in [-0.2, 0) is 0 Å². The fourth-order valence-electron chi connectivity index (χ4n) is 4.18. The predicted molar refractivity (Wildman–Crippen MR) is 137 cm³/mol. The van der Waals surface area contributed by atoms with Crippen LogP contribution >= 0.6 is 23.8 Å². The van der Waals surface area contributed by atoms with Gasteiger partial charge in [-0.1, -0.05) is 17.7 Å². The van der Waals surface area contributed by atoms with E-state index in [1.54, 1.807) is 24.4 Å². The lowest BCUT2D eigenvalue weighted by Crippen LogP contribution is -2.29. The minimum absolute atomic E-state index is 0.0631. The van der Waals surface area contributed by atoms with Gasteiger partial charge in [-0.2, -0.15) is 0 Å². The number of non-ortho nitro benzene ring substituents is 1. The largest absolute Gasteiger partial charge is 0.496 e. The zero-order valence-corrected chi connectivity index (χ0v) is 20.0. The second kappa shape index (κ2) is 9.36. The van der Waals surface area contributed by atoms with Crippen molar-refractivity contribution in [3.8, 4) is 17.1 Å². The van der Waals surface area contributed by atoms with Crippen molar-refractivity contribution in [2.45, 2.75) is 12.1 Å². The smallest absolute Gasteiger partial charge is 0.273 e. The molecule has 0 saturated carbocycles. The third kappa shape index (κ3) is 4.31. The van der Waals surface area contributed by atoms with Crippen LogP contribution in [0.4, 0.5) is 11.4 Å². The lowest BCUT2D eigenvalue weighted by atomic mass is 10.0. The number of nitrogens with zero attached hydrogens (tertiary/aromatic N) is 3. The molecule has 1 N–H and O–H groups in total. The maximum atomic E-state index is 11.2. The van der Waals surface area contributed by atoms with Crippen LogP contribution in [0.25, 0.3) is 11.3 Å². The second-order valence-electron chi connectivity index (χ2n) is 7.82. The molecule has 2 aromatic heterocycles. The summed E-state index contributed by atoms with van der Waals surface area (Å²) in [6, 6.07) is 20.6. The Morgan fingerprint density at radius 2 is 1.94 bits per heavy atom. The number of hydrogen-bond donors (Lipinski definition) is 1. The van der Waals surface area contributed by atoms with Gasteiger partial charge in [0, 0.05) is 23.0 Å². The first-order valence-electron chi connectivity index (χ1n) is 10.6. The molecule has 2 aromatic carbocycles. The number of pyridine rings is 1. The van der Waals surface area contributed by atoms with Gasteiger partial charge in [-0.25, -0.2) is 0 Å². The van der Waals surface area contributed by atoms with Gasteiger partial charge in [0.25, 0.3) is 5.69 Å². The zero-order valence-electron chi connectivity index (χ0n) is 18.4. The van der Waals surface area contributed by atoms with Gasteiger partial charge in [-0.15, -0.1) is 0 Å². The molecular formula is C25H19ClN4O4S. The second-order valence-corrected chi connectivity index (χ2v) is 8.64. The Bertz CT molecular complexity index is 1390. The molecule has 1 saturated heterocycles. The van der Waals surface area contributed by atoms with Crippen LogP contribution in [0.2, 0.25) is 5.02 Å². The minimum atomic E-state index is -0.466. The predicted octanol–water partition coefficient (Wildman–Crippen LogP) is 6.09. The fourth-order valence-corrected chi connectivity index (χ4v) is 4.65. The van der Waals surface area contributed by atoms with E-state index in [1.165, 1.54) is 19.2 Å². The molecule has 10 heteroatoms. The van der Waals surface area contributed by atoms with E-state index in [2.05, 4.69) is 10.3 Å². The zero-order chi connectivity index (χ0) is 24.5. The molecule has 35 heavy (non-hydrogen) atoms. The monoisotopic (exact) mass is 506 g/mol. The standard InChI is InChI=1S/C25H19ClN4O4S/c1-33-22-14-17(30(31)32)9-10-18(22)20-11-12-21(34-20)24-23(19-4-2-3-13-27-19)28-25(35)29(24)16-7-5-15(26)6-8-16/h2-14,23-24H,1H3,(H,28,35). The number of rotatable bonds is 6. The number of anilines is 1. The first-order chi connectivity index (χ1) is 17.0. The number of nitro benzene ring substituents is 1. The van der Waals surface area contributed by atoms with E-state index in [9.17, 15) is 10.1 Å². The highest BCUT2D eigenvalue weighted by molar-refractivity contribution is 7.80. The number of ether oxygens (including phenoxy) is 1. The van der Waals surface area contributed by atoms with E-state index in [-0.39, 0.29) is 17.8 Å². The molecule has 1 aliphatic heterocycles. The molecule has 1 aliphatic rings. The Morgan fingerprint density at radius 3 is 2.63 bits per heavy atom. The SMILES string of the molecule is COc1cc([N+](=O)[O-])ccc1-c1ccc(C2C(c3ccccn3)NC(=S)N2c2ccc(Cl)cc2)o1. The highest BCUT2D eigenvalue weighted by Crippen LogP contribution is 2.44. The topological polar surface area (TPSA) is 93.7 Å². The van der Waals surface area contributed by atoms with Crippen LogP contribution in [0.3, 0.4) is 0 Å². The summed E-state index contributed by atoms with van der Waals surface area (Å²) in [6.45, 7) is 0. The quantitative estimate of drug-likeness (QED) is 0.191. The fraction of sp³-hybridized carbons (Fsp3) is 0.120. The van der Waals surface area contributed by atoms with E-state index in [0.717, 1.165) is 11.4 Å². The highest BCUT2D eigenvalue weighted by Gasteiger charge is 2.42.